The summed E-state index contributed by atoms with van der Waals surface area (Å²) < 4.78 is 5.50. The van der Waals surface area contributed by atoms with Crippen molar-refractivity contribution in [2.75, 3.05) is 26.3 Å². The Hall–Kier alpha value is -0.280. The summed E-state index contributed by atoms with van der Waals surface area (Å²) in [5.74, 6) is 0.730. The van der Waals surface area contributed by atoms with E-state index >= 15 is 0 Å². The van der Waals surface area contributed by atoms with Gasteiger partial charge in [-0.25, -0.2) is 10.4 Å². The van der Waals surface area contributed by atoms with Crippen LogP contribution in [0.2, 0.25) is 0 Å². The van der Waals surface area contributed by atoms with Crippen LogP contribution in [0.3, 0.4) is 0 Å². The van der Waals surface area contributed by atoms with Crippen molar-refractivity contribution in [2.45, 2.75) is 70.5 Å². The Morgan fingerprint density at radius 3 is 2.83 bits per heavy atom. The monoisotopic (exact) mass is 328 g/mol. The SMILES string of the molecule is CCOCCN1NC(CC)C(N)C1C(N)NC1CC(C)CCN1. The molecule has 2 saturated heterocycles. The van der Waals surface area contributed by atoms with Crippen molar-refractivity contribution >= 4 is 0 Å². The molecule has 7 nitrogen and oxygen atoms in total. The van der Waals surface area contributed by atoms with Crippen LogP contribution in [0, 0.1) is 5.92 Å². The molecule has 2 rings (SSSR count). The van der Waals surface area contributed by atoms with Gasteiger partial charge in [0.25, 0.3) is 0 Å². The third kappa shape index (κ3) is 5.09. The first-order chi connectivity index (χ1) is 11.1. The van der Waals surface area contributed by atoms with E-state index in [1.54, 1.807) is 0 Å². The Kier molecular flexibility index (Phi) is 7.68. The third-order valence-corrected chi connectivity index (χ3v) is 5.10. The molecule has 0 bridgehead atoms. The van der Waals surface area contributed by atoms with Gasteiger partial charge < -0.3 is 21.5 Å². The Balaban J connectivity index is 1.93. The minimum absolute atomic E-state index is 0.0186. The second-order valence-electron chi connectivity index (χ2n) is 6.93. The minimum atomic E-state index is -0.168. The van der Waals surface area contributed by atoms with Gasteiger partial charge in [0.15, 0.2) is 0 Å². The molecule has 0 saturated carbocycles. The van der Waals surface area contributed by atoms with Crippen molar-refractivity contribution in [3.05, 3.63) is 0 Å². The van der Waals surface area contributed by atoms with Crippen LogP contribution in [0.1, 0.15) is 40.0 Å². The Labute approximate surface area is 140 Å². The molecule has 2 heterocycles. The molecule has 0 aromatic rings. The molecule has 7 heteroatoms. The maximum atomic E-state index is 6.50. The van der Waals surface area contributed by atoms with E-state index in [2.05, 4.69) is 34.9 Å². The highest BCUT2D eigenvalue weighted by Crippen LogP contribution is 2.19. The Morgan fingerprint density at radius 1 is 1.39 bits per heavy atom. The zero-order chi connectivity index (χ0) is 16.8. The second-order valence-corrected chi connectivity index (χ2v) is 6.93. The molecule has 6 unspecified atom stereocenters. The van der Waals surface area contributed by atoms with Gasteiger partial charge in [-0.05, 0) is 38.6 Å². The highest BCUT2D eigenvalue weighted by atomic mass is 16.5. The van der Waals surface area contributed by atoms with Gasteiger partial charge in [-0.3, -0.25) is 5.32 Å². The lowest BCUT2D eigenvalue weighted by Gasteiger charge is -2.36. The quantitative estimate of drug-likeness (QED) is 0.304. The summed E-state index contributed by atoms with van der Waals surface area (Å²) in [6, 6.07) is 0.359. The molecular weight excluding hydrogens is 292 g/mol. The lowest BCUT2D eigenvalue weighted by molar-refractivity contribution is 0.0701. The number of piperidine rings is 1. The van der Waals surface area contributed by atoms with E-state index in [1.807, 2.05) is 6.92 Å². The van der Waals surface area contributed by atoms with Crippen molar-refractivity contribution < 1.29 is 4.74 Å². The lowest BCUT2D eigenvalue weighted by atomic mass is 9.96. The molecule has 2 fully saturated rings. The molecular formula is C16H36N6O. The van der Waals surface area contributed by atoms with Crippen LogP contribution in [0.25, 0.3) is 0 Å². The van der Waals surface area contributed by atoms with Crippen LogP contribution in [0.4, 0.5) is 0 Å². The van der Waals surface area contributed by atoms with Crippen molar-refractivity contribution in [3.63, 3.8) is 0 Å². The first kappa shape index (κ1) is 19.1. The Morgan fingerprint density at radius 2 is 2.17 bits per heavy atom. The van der Waals surface area contributed by atoms with Crippen molar-refractivity contribution in [1.82, 2.24) is 21.1 Å². The van der Waals surface area contributed by atoms with Gasteiger partial charge in [0.05, 0.1) is 25.0 Å². The Bertz CT molecular complexity index is 345. The smallest absolute Gasteiger partial charge is 0.0749 e. The predicted molar refractivity (Wildman–Crippen MR) is 93.5 cm³/mol. The standard InChI is InChI=1S/C16H36N6O/c1-4-12-14(17)15(22(21-12)8-9-23-5-2)16(18)20-13-10-11(3)6-7-19-13/h11-16,19-21H,4-10,17-18H2,1-3H3. The summed E-state index contributed by atoms with van der Waals surface area (Å²) in [6.07, 6.45) is 3.44. The average molecular weight is 329 g/mol. The summed E-state index contributed by atoms with van der Waals surface area (Å²) in [6.45, 7) is 9.73. The number of nitrogens with two attached hydrogens (primary N) is 2. The number of nitrogens with zero attached hydrogens (tertiary/aromatic N) is 1. The topological polar surface area (TPSA) is 101 Å². The molecule has 6 atom stereocenters. The van der Waals surface area contributed by atoms with Crippen molar-refractivity contribution in [2.24, 2.45) is 17.4 Å². The number of ether oxygens (including phenoxy) is 1. The molecule has 23 heavy (non-hydrogen) atoms. The molecule has 0 amide bonds. The fraction of sp³-hybridized carbons (Fsp3) is 1.00. The molecule has 2 aliphatic heterocycles. The van der Waals surface area contributed by atoms with E-state index in [9.17, 15) is 0 Å². The molecule has 2 aliphatic rings. The van der Waals surface area contributed by atoms with E-state index in [-0.39, 0.29) is 30.5 Å². The molecule has 0 aromatic heterocycles. The summed E-state index contributed by atoms with van der Waals surface area (Å²) in [5.41, 5.74) is 16.5. The van der Waals surface area contributed by atoms with Gasteiger partial charge in [-0.2, -0.15) is 0 Å². The van der Waals surface area contributed by atoms with Gasteiger partial charge in [0, 0.05) is 25.2 Å². The molecule has 0 spiro atoms. The van der Waals surface area contributed by atoms with Gasteiger partial charge in [0.2, 0.25) is 0 Å². The van der Waals surface area contributed by atoms with E-state index in [0.717, 1.165) is 38.5 Å². The van der Waals surface area contributed by atoms with E-state index in [4.69, 9.17) is 16.2 Å². The number of hydrogen-bond acceptors (Lipinski definition) is 7. The highest BCUT2D eigenvalue weighted by Gasteiger charge is 2.42. The van der Waals surface area contributed by atoms with Gasteiger partial charge in [-0.15, -0.1) is 0 Å². The number of hydrogen-bond donors (Lipinski definition) is 5. The summed E-state index contributed by atoms with van der Waals surface area (Å²) in [5, 5.41) is 9.25. The normalized spacial score (nSPS) is 37.2. The number of rotatable bonds is 8. The van der Waals surface area contributed by atoms with Gasteiger partial charge in [0.1, 0.15) is 0 Å². The molecule has 7 N–H and O–H groups in total. The maximum absolute atomic E-state index is 6.50. The minimum Gasteiger partial charge on any atom is -0.380 e. The molecule has 0 aliphatic carbocycles. The van der Waals surface area contributed by atoms with Crippen LogP contribution >= 0.6 is 0 Å². The first-order valence-electron chi connectivity index (χ1n) is 9.17. The zero-order valence-corrected chi connectivity index (χ0v) is 14.9. The van der Waals surface area contributed by atoms with Crippen LogP contribution in [0.15, 0.2) is 0 Å². The van der Waals surface area contributed by atoms with Crippen molar-refractivity contribution in [1.29, 1.82) is 0 Å². The maximum Gasteiger partial charge on any atom is 0.0749 e. The summed E-state index contributed by atoms with van der Waals surface area (Å²) in [7, 11) is 0. The third-order valence-electron chi connectivity index (χ3n) is 5.10. The van der Waals surface area contributed by atoms with Crippen LogP contribution < -0.4 is 27.5 Å². The van der Waals surface area contributed by atoms with E-state index in [1.165, 1.54) is 6.42 Å². The fourth-order valence-corrected chi connectivity index (χ4v) is 3.71. The fourth-order valence-electron chi connectivity index (χ4n) is 3.71. The highest BCUT2D eigenvalue weighted by molar-refractivity contribution is 5.00. The van der Waals surface area contributed by atoms with Crippen molar-refractivity contribution in [3.8, 4) is 0 Å². The average Bonchev–Trinajstić information content (AvgIpc) is 2.83. The number of hydrazine groups is 1. The van der Waals surface area contributed by atoms with Crippen LogP contribution in [0.5, 0.6) is 0 Å². The zero-order valence-electron chi connectivity index (χ0n) is 14.9. The summed E-state index contributed by atoms with van der Waals surface area (Å²) in [4.78, 5) is 0. The molecule has 0 aromatic carbocycles. The van der Waals surface area contributed by atoms with Crippen LogP contribution in [-0.4, -0.2) is 61.8 Å². The lowest BCUT2D eigenvalue weighted by Crippen LogP contribution is -2.64. The molecule has 136 valence electrons. The van der Waals surface area contributed by atoms with E-state index < -0.39 is 0 Å². The number of nitrogens with one attached hydrogen (secondary N) is 3. The second kappa shape index (κ2) is 9.27. The van der Waals surface area contributed by atoms with Gasteiger partial charge in [-0.1, -0.05) is 13.8 Å². The van der Waals surface area contributed by atoms with Gasteiger partial charge >= 0.3 is 0 Å². The predicted octanol–water partition coefficient (Wildman–Crippen LogP) is -0.462. The van der Waals surface area contributed by atoms with E-state index in [0.29, 0.717) is 6.61 Å². The van der Waals surface area contributed by atoms with Crippen LogP contribution in [-0.2, 0) is 4.74 Å². The largest absolute Gasteiger partial charge is 0.380 e. The summed E-state index contributed by atoms with van der Waals surface area (Å²) >= 11 is 0. The first-order valence-corrected chi connectivity index (χ1v) is 9.17. The molecule has 0 radical (unpaired) electrons.